The summed E-state index contributed by atoms with van der Waals surface area (Å²) >= 11 is 0. The van der Waals surface area contributed by atoms with Crippen LogP contribution in [0.1, 0.15) is 18.1 Å². The Balaban J connectivity index is 2.70. The summed E-state index contributed by atoms with van der Waals surface area (Å²) in [4.78, 5) is 11.8. The molecule has 5 nitrogen and oxygen atoms in total. The SMILES string of the molecule is COCCNC(=O)C(C)S(=O)(=O)Cc1cccc(C)c1. The third-order valence-corrected chi connectivity index (χ3v) is 4.99. The van der Waals surface area contributed by atoms with Crippen LogP contribution in [0.2, 0.25) is 0 Å². The summed E-state index contributed by atoms with van der Waals surface area (Å²) in [6, 6.07) is 7.27. The predicted molar refractivity (Wildman–Crippen MR) is 78.2 cm³/mol. The fraction of sp³-hybridized carbons (Fsp3) is 0.500. The Morgan fingerprint density at radius 3 is 2.70 bits per heavy atom. The molecule has 1 unspecified atom stereocenters. The van der Waals surface area contributed by atoms with Gasteiger partial charge in [0.2, 0.25) is 5.91 Å². The zero-order valence-electron chi connectivity index (χ0n) is 12.0. The highest BCUT2D eigenvalue weighted by Gasteiger charge is 2.27. The number of ether oxygens (including phenoxy) is 1. The molecule has 1 rings (SSSR count). The van der Waals surface area contributed by atoms with Gasteiger partial charge in [0.15, 0.2) is 9.84 Å². The van der Waals surface area contributed by atoms with Crippen molar-refractivity contribution in [1.82, 2.24) is 5.32 Å². The molecule has 6 heteroatoms. The molecule has 0 fully saturated rings. The minimum absolute atomic E-state index is 0.131. The van der Waals surface area contributed by atoms with Gasteiger partial charge in [0.05, 0.1) is 12.4 Å². The lowest BCUT2D eigenvalue weighted by molar-refractivity contribution is -0.120. The molecule has 0 saturated heterocycles. The summed E-state index contributed by atoms with van der Waals surface area (Å²) in [6.07, 6.45) is 0. The quantitative estimate of drug-likeness (QED) is 0.764. The van der Waals surface area contributed by atoms with E-state index in [-0.39, 0.29) is 5.75 Å². The molecule has 0 saturated carbocycles. The van der Waals surface area contributed by atoms with E-state index in [2.05, 4.69) is 5.32 Å². The predicted octanol–water partition coefficient (Wildman–Crippen LogP) is 1.06. The number of benzene rings is 1. The second kappa shape index (κ2) is 7.40. The highest BCUT2D eigenvalue weighted by Crippen LogP contribution is 2.13. The summed E-state index contributed by atoms with van der Waals surface area (Å²) in [6.45, 7) is 3.97. The zero-order valence-corrected chi connectivity index (χ0v) is 12.9. The molecule has 112 valence electrons. The molecule has 1 N–H and O–H groups in total. The molecule has 0 heterocycles. The molecule has 0 aliphatic rings. The Morgan fingerprint density at radius 2 is 2.10 bits per heavy atom. The molecule has 1 aromatic rings. The number of aryl methyl sites for hydroxylation is 1. The maximum Gasteiger partial charge on any atom is 0.238 e. The number of carbonyl (C=O) groups is 1. The van der Waals surface area contributed by atoms with Gasteiger partial charge in [-0.25, -0.2) is 8.42 Å². The third-order valence-electron chi connectivity index (χ3n) is 2.96. The molecule has 1 amide bonds. The average Bonchev–Trinajstić information content (AvgIpc) is 2.37. The van der Waals surface area contributed by atoms with Gasteiger partial charge in [0.25, 0.3) is 0 Å². The normalized spacial score (nSPS) is 12.9. The first-order valence-corrected chi connectivity index (χ1v) is 8.12. The second-order valence-electron chi connectivity index (χ2n) is 4.72. The third kappa shape index (κ3) is 4.94. The van der Waals surface area contributed by atoms with Crippen molar-refractivity contribution in [3.63, 3.8) is 0 Å². The van der Waals surface area contributed by atoms with Crippen molar-refractivity contribution < 1.29 is 17.9 Å². The molecular formula is C14H21NO4S. The minimum Gasteiger partial charge on any atom is -0.383 e. The number of methoxy groups -OCH3 is 1. The summed E-state index contributed by atoms with van der Waals surface area (Å²) < 4.78 is 29.2. The monoisotopic (exact) mass is 299 g/mol. The van der Waals surface area contributed by atoms with E-state index in [1.54, 1.807) is 6.07 Å². The number of sulfone groups is 1. The smallest absolute Gasteiger partial charge is 0.238 e. The molecule has 0 radical (unpaired) electrons. The highest BCUT2D eigenvalue weighted by molar-refractivity contribution is 7.92. The average molecular weight is 299 g/mol. The maximum absolute atomic E-state index is 12.2. The van der Waals surface area contributed by atoms with E-state index in [0.29, 0.717) is 18.7 Å². The molecule has 1 aromatic carbocycles. The molecular weight excluding hydrogens is 278 g/mol. The van der Waals surface area contributed by atoms with E-state index in [4.69, 9.17) is 4.74 Å². The van der Waals surface area contributed by atoms with Gasteiger partial charge in [-0.15, -0.1) is 0 Å². The molecule has 1 atom stereocenters. The largest absolute Gasteiger partial charge is 0.383 e. The van der Waals surface area contributed by atoms with Crippen LogP contribution in [0.4, 0.5) is 0 Å². The number of nitrogens with one attached hydrogen (secondary N) is 1. The molecule has 0 aromatic heterocycles. The number of amides is 1. The van der Waals surface area contributed by atoms with Crippen LogP contribution in [-0.4, -0.2) is 39.8 Å². The van der Waals surface area contributed by atoms with Gasteiger partial charge < -0.3 is 10.1 Å². The lowest BCUT2D eigenvalue weighted by atomic mass is 10.2. The van der Waals surface area contributed by atoms with Crippen molar-refractivity contribution >= 4 is 15.7 Å². The van der Waals surface area contributed by atoms with E-state index < -0.39 is 21.0 Å². The van der Waals surface area contributed by atoms with E-state index in [9.17, 15) is 13.2 Å². The van der Waals surface area contributed by atoms with Crippen LogP contribution >= 0.6 is 0 Å². The lowest BCUT2D eigenvalue weighted by Gasteiger charge is -2.13. The molecule has 0 aliphatic heterocycles. The Morgan fingerprint density at radius 1 is 1.40 bits per heavy atom. The van der Waals surface area contributed by atoms with Crippen molar-refractivity contribution in [2.45, 2.75) is 24.9 Å². The van der Waals surface area contributed by atoms with Crippen molar-refractivity contribution in [1.29, 1.82) is 0 Å². The highest BCUT2D eigenvalue weighted by atomic mass is 32.2. The van der Waals surface area contributed by atoms with Gasteiger partial charge in [-0.05, 0) is 19.4 Å². The van der Waals surface area contributed by atoms with E-state index in [1.807, 2.05) is 25.1 Å². The molecule has 0 bridgehead atoms. The van der Waals surface area contributed by atoms with Gasteiger partial charge >= 0.3 is 0 Å². The van der Waals surface area contributed by atoms with Gasteiger partial charge in [0.1, 0.15) is 5.25 Å². The van der Waals surface area contributed by atoms with Crippen molar-refractivity contribution in [3.8, 4) is 0 Å². The summed E-state index contributed by atoms with van der Waals surface area (Å²) in [5, 5.41) is 1.47. The Labute approximate surface area is 120 Å². The Hall–Kier alpha value is -1.40. The van der Waals surface area contributed by atoms with E-state index in [1.165, 1.54) is 14.0 Å². The van der Waals surface area contributed by atoms with Gasteiger partial charge in [-0.1, -0.05) is 29.8 Å². The number of hydrogen-bond donors (Lipinski definition) is 1. The van der Waals surface area contributed by atoms with Crippen LogP contribution in [0.25, 0.3) is 0 Å². The van der Waals surface area contributed by atoms with Gasteiger partial charge in [0, 0.05) is 13.7 Å². The van der Waals surface area contributed by atoms with Crippen molar-refractivity contribution in [2.24, 2.45) is 0 Å². The van der Waals surface area contributed by atoms with Gasteiger partial charge in [-0.3, -0.25) is 4.79 Å². The number of hydrogen-bond acceptors (Lipinski definition) is 4. The van der Waals surface area contributed by atoms with Gasteiger partial charge in [-0.2, -0.15) is 0 Å². The summed E-state index contributed by atoms with van der Waals surface area (Å²) in [7, 11) is -2.00. The molecule has 0 spiro atoms. The summed E-state index contributed by atoms with van der Waals surface area (Å²) in [5.74, 6) is -0.622. The van der Waals surface area contributed by atoms with E-state index >= 15 is 0 Å². The first-order valence-electron chi connectivity index (χ1n) is 6.40. The molecule has 0 aliphatic carbocycles. The van der Waals surface area contributed by atoms with E-state index in [0.717, 1.165) is 5.56 Å². The van der Waals surface area contributed by atoms with Crippen LogP contribution in [0, 0.1) is 6.92 Å². The van der Waals surface area contributed by atoms with Crippen LogP contribution < -0.4 is 5.32 Å². The Bertz CT molecular complexity index is 554. The second-order valence-corrected chi connectivity index (χ2v) is 7.04. The van der Waals surface area contributed by atoms with Crippen molar-refractivity contribution in [3.05, 3.63) is 35.4 Å². The molecule has 20 heavy (non-hydrogen) atoms. The van der Waals surface area contributed by atoms with Crippen LogP contribution in [0.5, 0.6) is 0 Å². The maximum atomic E-state index is 12.2. The first-order chi connectivity index (χ1) is 9.36. The lowest BCUT2D eigenvalue weighted by Crippen LogP contribution is -2.39. The fourth-order valence-electron chi connectivity index (χ4n) is 1.74. The Kier molecular flexibility index (Phi) is 6.16. The fourth-order valence-corrected chi connectivity index (χ4v) is 3.05. The topological polar surface area (TPSA) is 72.5 Å². The van der Waals surface area contributed by atoms with Crippen molar-refractivity contribution in [2.75, 3.05) is 20.3 Å². The number of rotatable bonds is 7. The first kappa shape index (κ1) is 16.7. The van der Waals surface area contributed by atoms with Crippen LogP contribution in [-0.2, 0) is 25.1 Å². The van der Waals surface area contributed by atoms with Crippen LogP contribution in [0.3, 0.4) is 0 Å². The zero-order chi connectivity index (χ0) is 15.2. The standard InChI is InChI=1S/C14H21NO4S/c1-11-5-4-6-13(9-11)10-20(17,18)12(2)14(16)15-7-8-19-3/h4-6,9,12H,7-8,10H2,1-3H3,(H,15,16). The summed E-state index contributed by atoms with van der Waals surface area (Å²) in [5.41, 5.74) is 1.69. The van der Waals surface area contributed by atoms with Crippen LogP contribution in [0.15, 0.2) is 24.3 Å². The minimum atomic E-state index is -3.52. The number of carbonyl (C=O) groups excluding carboxylic acids is 1.